The molecule has 0 bridgehead atoms. The van der Waals surface area contributed by atoms with Gasteiger partial charge in [0, 0.05) is 27.0 Å². The highest BCUT2D eigenvalue weighted by atomic mass is 79.9. The Hall–Kier alpha value is -2.02. The SMILES string of the molecule is COc1cc(Br)c2ncc3sccc3c2c1-c1ccc(CCN)c(F)c1. The number of pyridine rings is 1. The van der Waals surface area contributed by atoms with Crippen LogP contribution in [0.3, 0.4) is 0 Å². The van der Waals surface area contributed by atoms with Crippen molar-refractivity contribution < 1.29 is 9.13 Å². The Morgan fingerprint density at radius 3 is 2.85 bits per heavy atom. The van der Waals surface area contributed by atoms with Crippen molar-refractivity contribution in [1.29, 1.82) is 0 Å². The highest BCUT2D eigenvalue weighted by Gasteiger charge is 2.18. The highest BCUT2D eigenvalue weighted by Crippen LogP contribution is 2.44. The summed E-state index contributed by atoms with van der Waals surface area (Å²) in [7, 11) is 1.62. The Morgan fingerprint density at radius 1 is 1.27 bits per heavy atom. The molecule has 0 saturated heterocycles. The number of methoxy groups -OCH3 is 1. The molecule has 0 amide bonds. The third-order valence-corrected chi connectivity index (χ3v) is 5.92. The van der Waals surface area contributed by atoms with E-state index in [0.717, 1.165) is 36.6 Å². The molecule has 0 spiro atoms. The van der Waals surface area contributed by atoms with Crippen LogP contribution in [0.5, 0.6) is 5.75 Å². The molecule has 0 aliphatic heterocycles. The molecule has 132 valence electrons. The Morgan fingerprint density at radius 2 is 2.12 bits per heavy atom. The molecule has 2 heterocycles. The van der Waals surface area contributed by atoms with Crippen molar-refractivity contribution in [3.8, 4) is 16.9 Å². The molecule has 2 N–H and O–H groups in total. The number of fused-ring (bicyclic) bond motifs is 3. The molecule has 26 heavy (non-hydrogen) atoms. The van der Waals surface area contributed by atoms with Gasteiger partial charge in [-0.2, -0.15) is 0 Å². The average Bonchev–Trinajstić information content (AvgIpc) is 3.12. The summed E-state index contributed by atoms with van der Waals surface area (Å²) < 4.78 is 22.1. The van der Waals surface area contributed by atoms with Gasteiger partial charge in [0.15, 0.2) is 0 Å². The number of benzene rings is 2. The smallest absolute Gasteiger partial charge is 0.128 e. The Labute approximate surface area is 162 Å². The minimum absolute atomic E-state index is 0.253. The van der Waals surface area contributed by atoms with Crippen LogP contribution in [-0.4, -0.2) is 18.6 Å². The van der Waals surface area contributed by atoms with E-state index < -0.39 is 0 Å². The van der Waals surface area contributed by atoms with Gasteiger partial charge in [0.1, 0.15) is 11.6 Å². The van der Waals surface area contributed by atoms with Crippen LogP contribution in [0.15, 0.2) is 46.4 Å². The molecule has 0 radical (unpaired) electrons. The van der Waals surface area contributed by atoms with Crippen molar-refractivity contribution >= 4 is 48.3 Å². The van der Waals surface area contributed by atoms with Gasteiger partial charge in [0.2, 0.25) is 0 Å². The average molecular weight is 431 g/mol. The summed E-state index contributed by atoms with van der Waals surface area (Å²) >= 11 is 5.22. The summed E-state index contributed by atoms with van der Waals surface area (Å²) in [6.45, 7) is 0.417. The van der Waals surface area contributed by atoms with Gasteiger partial charge in [0.05, 0.1) is 17.3 Å². The minimum Gasteiger partial charge on any atom is -0.496 e. The Bertz CT molecular complexity index is 1130. The van der Waals surface area contributed by atoms with E-state index in [0.29, 0.717) is 24.3 Å². The topological polar surface area (TPSA) is 48.1 Å². The first kappa shape index (κ1) is 17.4. The zero-order chi connectivity index (χ0) is 18.3. The number of nitrogens with zero attached hydrogens (tertiary/aromatic N) is 1. The van der Waals surface area contributed by atoms with Crippen LogP contribution >= 0.6 is 27.3 Å². The first-order valence-corrected chi connectivity index (χ1v) is 9.82. The maximum absolute atomic E-state index is 14.6. The van der Waals surface area contributed by atoms with Crippen LogP contribution in [-0.2, 0) is 6.42 Å². The normalized spacial score (nSPS) is 11.4. The van der Waals surface area contributed by atoms with Crippen LogP contribution < -0.4 is 10.5 Å². The maximum atomic E-state index is 14.6. The number of hydrogen-bond acceptors (Lipinski definition) is 4. The van der Waals surface area contributed by atoms with Crippen molar-refractivity contribution in [2.45, 2.75) is 6.42 Å². The van der Waals surface area contributed by atoms with Crippen LogP contribution in [0.25, 0.3) is 32.1 Å². The third-order valence-electron chi connectivity index (χ3n) is 4.47. The second kappa shape index (κ2) is 6.95. The van der Waals surface area contributed by atoms with Crippen molar-refractivity contribution in [2.75, 3.05) is 13.7 Å². The summed E-state index contributed by atoms with van der Waals surface area (Å²) in [5, 5.41) is 4.08. The molecule has 6 heteroatoms. The summed E-state index contributed by atoms with van der Waals surface area (Å²) in [6, 6.07) is 9.23. The summed E-state index contributed by atoms with van der Waals surface area (Å²) in [5.41, 5.74) is 8.63. The second-order valence-electron chi connectivity index (χ2n) is 5.96. The van der Waals surface area contributed by atoms with Gasteiger partial charge < -0.3 is 10.5 Å². The first-order valence-electron chi connectivity index (χ1n) is 8.15. The van der Waals surface area contributed by atoms with E-state index in [1.165, 1.54) is 0 Å². The second-order valence-corrected chi connectivity index (χ2v) is 7.76. The summed E-state index contributed by atoms with van der Waals surface area (Å²) in [4.78, 5) is 4.61. The van der Waals surface area contributed by atoms with Gasteiger partial charge >= 0.3 is 0 Å². The number of ether oxygens (including phenoxy) is 1. The lowest BCUT2D eigenvalue weighted by Gasteiger charge is -2.15. The number of hydrogen-bond donors (Lipinski definition) is 1. The van der Waals surface area contributed by atoms with Crippen LogP contribution in [0.1, 0.15) is 5.56 Å². The molecule has 2 aromatic carbocycles. The third kappa shape index (κ3) is 2.78. The molecule has 0 aliphatic rings. The molecule has 0 fully saturated rings. The zero-order valence-corrected chi connectivity index (χ0v) is 16.5. The molecular formula is C20H16BrFN2OS. The van der Waals surface area contributed by atoms with E-state index in [9.17, 15) is 4.39 Å². The van der Waals surface area contributed by atoms with Gasteiger partial charge in [-0.1, -0.05) is 12.1 Å². The lowest BCUT2D eigenvalue weighted by atomic mass is 9.96. The monoisotopic (exact) mass is 430 g/mol. The fourth-order valence-electron chi connectivity index (χ4n) is 3.26. The Balaban J connectivity index is 2.09. The molecule has 3 nitrogen and oxygen atoms in total. The van der Waals surface area contributed by atoms with Crippen molar-refractivity contribution in [1.82, 2.24) is 4.98 Å². The maximum Gasteiger partial charge on any atom is 0.128 e. The van der Waals surface area contributed by atoms with E-state index in [-0.39, 0.29) is 5.82 Å². The Kier molecular flexibility index (Phi) is 4.65. The summed E-state index contributed by atoms with van der Waals surface area (Å²) in [6.07, 6.45) is 2.38. The van der Waals surface area contributed by atoms with Gasteiger partial charge in [-0.25, -0.2) is 4.39 Å². The van der Waals surface area contributed by atoms with Crippen LogP contribution in [0, 0.1) is 5.82 Å². The fraction of sp³-hybridized carbons (Fsp3) is 0.150. The molecule has 0 aliphatic carbocycles. The molecular weight excluding hydrogens is 415 g/mol. The number of thiophene rings is 1. The van der Waals surface area contributed by atoms with E-state index in [4.69, 9.17) is 10.5 Å². The standard InChI is InChI=1S/C20H16BrFN2OS/c1-25-16-9-14(21)20-19(13-5-7-26-17(13)10-24-20)18(16)12-3-2-11(4-6-23)15(22)8-12/h2-3,5,7-10H,4,6,23H2,1H3. The van der Waals surface area contributed by atoms with Crippen LogP contribution in [0.2, 0.25) is 0 Å². The highest BCUT2D eigenvalue weighted by molar-refractivity contribution is 9.10. The van der Waals surface area contributed by atoms with Crippen molar-refractivity contribution in [3.63, 3.8) is 0 Å². The lowest BCUT2D eigenvalue weighted by Crippen LogP contribution is -2.04. The molecule has 0 saturated carbocycles. The molecule has 4 rings (SSSR count). The number of nitrogens with two attached hydrogens (primary N) is 1. The van der Waals surface area contributed by atoms with Gasteiger partial charge in [-0.3, -0.25) is 4.98 Å². The largest absolute Gasteiger partial charge is 0.496 e. The first-order chi connectivity index (χ1) is 12.6. The van der Waals surface area contributed by atoms with E-state index in [2.05, 4.69) is 27.0 Å². The van der Waals surface area contributed by atoms with Crippen molar-refractivity contribution in [3.05, 3.63) is 57.8 Å². The molecule has 4 aromatic rings. The quantitative estimate of drug-likeness (QED) is 0.463. The van der Waals surface area contributed by atoms with E-state index in [1.54, 1.807) is 30.6 Å². The predicted octanol–water partition coefficient (Wildman–Crippen LogP) is 5.53. The van der Waals surface area contributed by atoms with Gasteiger partial charge in [-0.15, -0.1) is 11.3 Å². The molecule has 0 unspecified atom stereocenters. The molecule has 2 aromatic heterocycles. The predicted molar refractivity (Wildman–Crippen MR) is 110 cm³/mol. The van der Waals surface area contributed by atoms with Crippen molar-refractivity contribution in [2.24, 2.45) is 5.73 Å². The molecule has 0 atom stereocenters. The van der Waals surface area contributed by atoms with E-state index in [1.807, 2.05) is 23.7 Å². The van der Waals surface area contributed by atoms with Gasteiger partial charge in [0.25, 0.3) is 0 Å². The minimum atomic E-state index is -0.253. The van der Waals surface area contributed by atoms with Gasteiger partial charge in [-0.05, 0) is 63.6 Å². The van der Waals surface area contributed by atoms with E-state index >= 15 is 0 Å². The lowest BCUT2D eigenvalue weighted by molar-refractivity contribution is 0.416. The fourth-order valence-corrected chi connectivity index (χ4v) is 4.53. The zero-order valence-electron chi connectivity index (χ0n) is 14.1. The number of halogens is 2. The number of rotatable bonds is 4. The van der Waals surface area contributed by atoms with Crippen LogP contribution in [0.4, 0.5) is 4.39 Å². The summed E-state index contributed by atoms with van der Waals surface area (Å²) in [5.74, 6) is 0.423. The number of aromatic nitrogens is 1.